The summed E-state index contributed by atoms with van der Waals surface area (Å²) in [6.07, 6.45) is 1.79. The van der Waals surface area contributed by atoms with Crippen LogP contribution in [0.5, 0.6) is 5.75 Å². The Balaban J connectivity index is 0.000000172. The van der Waals surface area contributed by atoms with E-state index in [-0.39, 0.29) is 37.5 Å². The first kappa shape index (κ1) is 24.4. The molecule has 2 aromatic heterocycles. The fourth-order valence-corrected chi connectivity index (χ4v) is 5.09. The summed E-state index contributed by atoms with van der Waals surface area (Å²) >= 11 is 0. The number of imidazole rings is 1. The van der Waals surface area contributed by atoms with Gasteiger partial charge in [0.25, 0.3) is 0 Å². The number of fused-ring (bicyclic) bond motifs is 4. The van der Waals surface area contributed by atoms with Gasteiger partial charge in [-0.05, 0) is 58.3 Å². The standard InChI is InChI=1S/C21H15FN.C14H12N2O.Ir/c1-13-10-14(2)12-15(11-13)21-19-7-6-18-16(4-3-5-20(18)22)17(19)8-9-23-21;1-16-12-8-4-3-7-11(12)15-14(16)10-6-2-5-9-13(10)17;/h3-11H,1-2H3;2-9,17H,1H3;/q-1;;/i;1D3;. The minimum atomic E-state index is -2.37. The number of nitrogens with zero attached hydrogens (tertiary/aromatic N) is 3. The summed E-state index contributed by atoms with van der Waals surface area (Å²) in [4.78, 5) is 8.92. The molecule has 6 heteroatoms. The molecule has 0 fully saturated rings. The van der Waals surface area contributed by atoms with Gasteiger partial charge in [0.15, 0.2) is 0 Å². The molecule has 0 amide bonds. The number of benzene rings is 5. The van der Waals surface area contributed by atoms with Gasteiger partial charge in [0, 0.05) is 42.8 Å². The van der Waals surface area contributed by atoms with Crippen LogP contribution >= 0.6 is 0 Å². The van der Waals surface area contributed by atoms with Crippen LogP contribution in [0.2, 0.25) is 0 Å². The summed E-state index contributed by atoms with van der Waals surface area (Å²) in [6.45, 7) is 1.74. The number of phenols is 1. The number of para-hydroxylation sites is 3. The Morgan fingerprint density at radius 3 is 2.39 bits per heavy atom. The third kappa shape index (κ3) is 5.37. The Hall–Kier alpha value is -4.38. The first-order valence-corrected chi connectivity index (χ1v) is 12.8. The van der Waals surface area contributed by atoms with Crippen molar-refractivity contribution < 1.29 is 33.7 Å². The van der Waals surface area contributed by atoms with Crippen LogP contribution in [0.4, 0.5) is 4.39 Å². The maximum atomic E-state index is 14.0. The van der Waals surface area contributed by atoms with E-state index in [4.69, 9.17) is 4.11 Å². The Morgan fingerprint density at radius 2 is 1.59 bits per heavy atom. The number of aromatic hydroxyl groups is 1. The SMILES string of the molecule is Cc1[c-]c(-c2nccc3c2ccc2c(F)cccc23)cc(C)c1.[2H]C([2H])([2H])n1c(-c2ccccc2O)nc2ccccc21.[Ir]. The molecule has 0 aliphatic rings. The van der Waals surface area contributed by atoms with E-state index in [0.717, 1.165) is 33.0 Å². The topological polar surface area (TPSA) is 50.9 Å². The Labute approximate surface area is 255 Å². The van der Waals surface area contributed by atoms with Crippen molar-refractivity contribution in [1.82, 2.24) is 14.5 Å². The van der Waals surface area contributed by atoms with Gasteiger partial charge in [-0.3, -0.25) is 0 Å². The second kappa shape index (κ2) is 11.6. The summed E-state index contributed by atoms with van der Waals surface area (Å²) in [5.74, 6) is 0.0540. The number of hydrogen-bond acceptors (Lipinski definition) is 3. The van der Waals surface area contributed by atoms with Crippen LogP contribution in [-0.2, 0) is 27.1 Å². The van der Waals surface area contributed by atoms with Crippen LogP contribution in [0.25, 0.3) is 55.2 Å². The smallest absolute Gasteiger partial charge is 0.144 e. The molecule has 0 aliphatic heterocycles. The van der Waals surface area contributed by atoms with Crippen molar-refractivity contribution in [2.24, 2.45) is 6.98 Å². The number of halogens is 1. The van der Waals surface area contributed by atoms with Gasteiger partial charge >= 0.3 is 0 Å². The van der Waals surface area contributed by atoms with Crippen LogP contribution in [0.1, 0.15) is 15.2 Å². The minimum Gasteiger partial charge on any atom is -0.507 e. The molecule has 0 atom stereocenters. The zero-order valence-electron chi connectivity index (χ0n) is 25.3. The van der Waals surface area contributed by atoms with Gasteiger partial charge in [0.1, 0.15) is 17.4 Å². The predicted octanol–water partition coefficient (Wildman–Crippen LogP) is 8.55. The van der Waals surface area contributed by atoms with E-state index in [9.17, 15) is 9.50 Å². The predicted molar refractivity (Wildman–Crippen MR) is 161 cm³/mol. The van der Waals surface area contributed by atoms with E-state index >= 15 is 0 Å². The maximum absolute atomic E-state index is 14.0. The summed E-state index contributed by atoms with van der Waals surface area (Å²) in [7, 11) is 0. The van der Waals surface area contributed by atoms with Gasteiger partial charge < -0.3 is 14.7 Å². The number of pyridine rings is 1. The first-order chi connectivity index (χ1) is 20.6. The zero-order chi connectivity index (χ0) is 30.3. The van der Waals surface area contributed by atoms with E-state index in [1.165, 1.54) is 22.3 Å². The molecule has 205 valence electrons. The normalized spacial score (nSPS) is 12.2. The first-order valence-electron chi connectivity index (χ1n) is 14.3. The number of phenolic OH excluding ortho intramolecular Hbond substituents is 1. The molecule has 0 unspecified atom stereocenters. The molecule has 41 heavy (non-hydrogen) atoms. The second-order valence-corrected chi connectivity index (χ2v) is 9.69. The van der Waals surface area contributed by atoms with Gasteiger partial charge in [-0.2, -0.15) is 0 Å². The van der Waals surface area contributed by atoms with E-state index in [0.29, 0.717) is 22.0 Å². The molecule has 5 aromatic carbocycles. The summed E-state index contributed by atoms with van der Waals surface area (Å²) in [6, 6.07) is 32.1. The molecule has 0 spiro atoms. The average molecular weight is 720 g/mol. The van der Waals surface area contributed by atoms with Crippen molar-refractivity contribution in [3.63, 3.8) is 0 Å². The fourth-order valence-electron chi connectivity index (χ4n) is 5.09. The molecule has 0 saturated carbocycles. The third-order valence-electron chi connectivity index (χ3n) is 6.86. The Kier molecular flexibility index (Phi) is 6.92. The summed E-state index contributed by atoms with van der Waals surface area (Å²) in [5, 5.41) is 13.5. The van der Waals surface area contributed by atoms with Crippen LogP contribution in [0.3, 0.4) is 0 Å². The molecular weight excluding hydrogens is 690 g/mol. The molecule has 0 saturated heterocycles. The van der Waals surface area contributed by atoms with Crippen LogP contribution in [0.15, 0.2) is 103 Å². The van der Waals surface area contributed by atoms with Crippen molar-refractivity contribution in [2.75, 3.05) is 0 Å². The van der Waals surface area contributed by atoms with Crippen molar-refractivity contribution in [1.29, 1.82) is 0 Å². The molecule has 2 heterocycles. The van der Waals surface area contributed by atoms with Crippen molar-refractivity contribution in [2.45, 2.75) is 13.8 Å². The van der Waals surface area contributed by atoms with Crippen molar-refractivity contribution in [3.05, 3.63) is 126 Å². The van der Waals surface area contributed by atoms with Crippen LogP contribution in [-0.4, -0.2) is 19.6 Å². The van der Waals surface area contributed by atoms with Gasteiger partial charge in [-0.1, -0.05) is 62.4 Å². The van der Waals surface area contributed by atoms with Crippen LogP contribution in [0, 0.1) is 25.7 Å². The summed E-state index contributed by atoms with van der Waals surface area (Å²) < 4.78 is 38.3. The van der Waals surface area contributed by atoms with Gasteiger partial charge in [0.05, 0.1) is 16.6 Å². The quantitative estimate of drug-likeness (QED) is 0.144. The fraction of sp³-hybridized carbons (Fsp3) is 0.0857. The molecule has 0 bridgehead atoms. The number of aromatic nitrogens is 3. The second-order valence-electron chi connectivity index (χ2n) is 9.69. The Bertz CT molecular complexity index is 2120. The maximum Gasteiger partial charge on any atom is 0.144 e. The number of aryl methyl sites for hydroxylation is 3. The largest absolute Gasteiger partial charge is 0.507 e. The van der Waals surface area contributed by atoms with E-state index in [1.807, 2.05) is 31.2 Å². The van der Waals surface area contributed by atoms with Crippen molar-refractivity contribution >= 4 is 32.6 Å². The molecule has 0 aliphatic carbocycles. The number of hydrogen-bond donors (Lipinski definition) is 1. The van der Waals surface area contributed by atoms with E-state index < -0.39 is 6.98 Å². The monoisotopic (exact) mass is 720 g/mol. The minimum absolute atomic E-state index is 0. The summed E-state index contributed by atoms with van der Waals surface area (Å²) in [5.41, 5.74) is 5.64. The average Bonchev–Trinajstić information content (AvgIpc) is 3.37. The van der Waals surface area contributed by atoms with Gasteiger partial charge in [-0.25, -0.2) is 9.37 Å². The van der Waals surface area contributed by atoms with Gasteiger partial charge in [0.2, 0.25) is 0 Å². The Morgan fingerprint density at radius 1 is 0.829 bits per heavy atom. The molecule has 4 nitrogen and oxygen atoms in total. The molecule has 1 radical (unpaired) electrons. The zero-order valence-corrected chi connectivity index (χ0v) is 24.7. The molecule has 7 rings (SSSR count). The van der Waals surface area contributed by atoms with E-state index in [1.54, 1.807) is 54.7 Å². The number of rotatable bonds is 2. The molecular formula is C35H27FIrN3O-. The van der Waals surface area contributed by atoms with Crippen LogP contribution < -0.4 is 0 Å². The van der Waals surface area contributed by atoms with Crippen molar-refractivity contribution in [3.8, 4) is 28.4 Å². The molecule has 1 N–H and O–H groups in total. The van der Waals surface area contributed by atoms with E-state index in [2.05, 4.69) is 35.1 Å². The molecule has 7 aromatic rings. The third-order valence-corrected chi connectivity index (χ3v) is 6.86. The van der Waals surface area contributed by atoms with Gasteiger partial charge in [-0.15, -0.1) is 34.9 Å².